The zero-order chi connectivity index (χ0) is 13.2. The van der Waals surface area contributed by atoms with Crippen molar-refractivity contribution < 1.29 is 0 Å². The summed E-state index contributed by atoms with van der Waals surface area (Å²) >= 11 is 1.92. The number of nitrogens with zero attached hydrogens (tertiary/aromatic N) is 1. The molecule has 0 saturated carbocycles. The first-order chi connectivity index (χ1) is 8.53. The van der Waals surface area contributed by atoms with Gasteiger partial charge in [-0.15, -0.1) is 11.3 Å². The Morgan fingerprint density at radius 1 is 1.39 bits per heavy atom. The third kappa shape index (κ3) is 2.93. The molecule has 18 heavy (non-hydrogen) atoms. The van der Waals surface area contributed by atoms with Gasteiger partial charge in [-0.1, -0.05) is 13.8 Å². The highest BCUT2D eigenvalue weighted by Crippen LogP contribution is 2.31. The molecule has 1 fully saturated rings. The highest BCUT2D eigenvalue weighted by molar-refractivity contribution is 7.11. The summed E-state index contributed by atoms with van der Waals surface area (Å²) in [6.45, 7) is 7.48. The Kier molecular flexibility index (Phi) is 4.07. The van der Waals surface area contributed by atoms with Crippen LogP contribution in [-0.2, 0) is 13.0 Å². The van der Waals surface area contributed by atoms with Crippen LogP contribution >= 0.6 is 11.3 Å². The maximum absolute atomic E-state index is 7.66. The maximum Gasteiger partial charge on any atom is 0.0966 e. The second-order valence-electron chi connectivity index (χ2n) is 5.47. The second kappa shape index (κ2) is 5.41. The van der Waals surface area contributed by atoms with Crippen LogP contribution in [0.3, 0.4) is 0 Å². The largest absolute Gasteiger partial charge is 0.387 e. The summed E-state index contributed by atoms with van der Waals surface area (Å²) in [5.41, 5.74) is 5.62. The van der Waals surface area contributed by atoms with E-state index in [1.54, 1.807) is 0 Å². The second-order valence-corrected chi connectivity index (χ2v) is 6.72. The molecule has 0 aliphatic carbocycles. The van der Waals surface area contributed by atoms with Crippen molar-refractivity contribution in [1.82, 2.24) is 4.90 Å². The average molecular weight is 265 g/mol. The summed E-state index contributed by atoms with van der Waals surface area (Å²) in [6.07, 6.45) is 3.15. The lowest BCUT2D eigenvalue weighted by atomic mass is 9.79. The molecule has 0 bridgehead atoms. The van der Waals surface area contributed by atoms with Crippen molar-refractivity contribution >= 4 is 17.2 Å². The number of hydrogen-bond donors (Lipinski definition) is 2. The van der Waals surface area contributed by atoms with E-state index in [0.717, 1.165) is 38.9 Å². The van der Waals surface area contributed by atoms with E-state index >= 15 is 0 Å². The molecule has 100 valence electrons. The smallest absolute Gasteiger partial charge is 0.0966 e. The van der Waals surface area contributed by atoms with Crippen molar-refractivity contribution in [3.63, 3.8) is 0 Å². The SMILES string of the molecule is CCc1ccc(CN2CCC(C)(C(=N)N)CC2)s1. The van der Waals surface area contributed by atoms with E-state index in [-0.39, 0.29) is 5.41 Å². The van der Waals surface area contributed by atoms with E-state index in [4.69, 9.17) is 11.1 Å². The molecule has 3 N–H and O–H groups in total. The minimum atomic E-state index is -0.0689. The van der Waals surface area contributed by atoms with E-state index in [9.17, 15) is 0 Å². The van der Waals surface area contributed by atoms with E-state index < -0.39 is 0 Å². The lowest BCUT2D eigenvalue weighted by molar-refractivity contribution is 0.157. The molecule has 0 spiro atoms. The molecule has 1 aromatic rings. The standard InChI is InChI=1S/C14H23N3S/c1-3-11-4-5-12(18-11)10-17-8-6-14(2,7-9-17)13(15)16/h4-5H,3,6-10H2,1-2H3,(H3,15,16). The molecule has 0 radical (unpaired) electrons. The zero-order valence-electron chi connectivity index (χ0n) is 11.3. The van der Waals surface area contributed by atoms with Crippen molar-refractivity contribution in [2.45, 2.75) is 39.7 Å². The topological polar surface area (TPSA) is 53.1 Å². The van der Waals surface area contributed by atoms with Crippen LogP contribution in [0.15, 0.2) is 12.1 Å². The summed E-state index contributed by atoms with van der Waals surface area (Å²) in [5.74, 6) is 0.353. The molecular weight excluding hydrogens is 242 g/mol. The Bertz CT molecular complexity index is 416. The number of piperidine rings is 1. The number of likely N-dealkylation sites (tertiary alicyclic amines) is 1. The van der Waals surface area contributed by atoms with Crippen LogP contribution < -0.4 is 5.73 Å². The molecule has 1 aliphatic heterocycles. The molecule has 1 aliphatic rings. The quantitative estimate of drug-likeness (QED) is 0.649. The van der Waals surface area contributed by atoms with Gasteiger partial charge in [0, 0.05) is 21.7 Å². The molecule has 0 amide bonds. The molecule has 0 unspecified atom stereocenters. The maximum atomic E-state index is 7.66. The number of amidine groups is 1. The molecule has 3 nitrogen and oxygen atoms in total. The van der Waals surface area contributed by atoms with Crippen LogP contribution in [0.1, 0.15) is 36.4 Å². The number of nitrogens with one attached hydrogen (secondary N) is 1. The minimum absolute atomic E-state index is 0.0689. The monoisotopic (exact) mass is 265 g/mol. The van der Waals surface area contributed by atoms with Gasteiger partial charge in [-0.2, -0.15) is 0 Å². The normalized spacial score (nSPS) is 19.9. The van der Waals surface area contributed by atoms with Crippen molar-refractivity contribution in [2.24, 2.45) is 11.1 Å². The summed E-state index contributed by atoms with van der Waals surface area (Å²) in [5, 5.41) is 7.66. The third-order valence-corrected chi connectivity index (χ3v) is 5.27. The minimum Gasteiger partial charge on any atom is -0.387 e. The first-order valence-electron chi connectivity index (χ1n) is 6.68. The van der Waals surface area contributed by atoms with Gasteiger partial charge >= 0.3 is 0 Å². The Morgan fingerprint density at radius 3 is 2.50 bits per heavy atom. The van der Waals surface area contributed by atoms with Gasteiger partial charge in [-0.25, -0.2) is 0 Å². The summed E-state index contributed by atoms with van der Waals surface area (Å²) in [7, 11) is 0. The number of thiophene rings is 1. The van der Waals surface area contributed by atoms with Crippen LogP contribution in [0.4, 0.5) is 0 Å². The Morgan fingerprint density at radius 2 is 2.00 bits per heavy atom. The zero-order valence-corrected chi connectivity index (χ0v) is 12.1. The first-order valence-corrected chi connectivity index (χ1v) is 7.49. The molecule has 1 aromatic heterocycles. The lowest BCUT2D eigenvalue weighted by Gasteiger charge is -2.38. The predicted octanol–water partition coefficient (Wildman–Crippen LogP) is 2.85. The fraction of sp³-hybridized carbons (Fsp3) is 0.643. The lowest BCUT2D eigenvalue weighted by Crippen LogP contribution is -2.44. The van der Waals surface area contributed by atoms with Gasteiger partial charge in [-0.3, -0.25) is 10.3 Å². The van der Waals surface area contributed by atoms with Gasteiger partial charge in [0.1, 0.15) is 0 Å². The highest BCUT2D eigenvalue weighted by atomic mass is 32.1. The van der Waals surface area contributed by atoms with Gasteiger partial charge in [0.25, 0.3) is 0 Å². The van der Waals surface area contributed by atoms with Crippen LogP contribution in [0.25, 0.3) is 0 Å². The van der Waals surface area contributed by atoms with Crippen molar-refractivity contribution in [3.8, 4) is 0 Å². The molecule has 4 heteroatoms. The summed E-state index contributed by atoms with van der Waals surface area (Å²) in [6, 6.07) is 4.49. The number of nitrogens with two attached hydrogens (primary N) is 1. The Balaban J connectivity index is 1.89. The predicted molar refractivity (Wildman–Crippen MR) is 78.2 cm³/mol. The van der Waals surface area contributed by atoms with Crippen LogP contribution in [0, 0.1) is 10.8 Å². The number of rotatable bonds is 4. The van der Waals surface area contributed by atoms with E-state index in [0.29, 0.717) is 5.84 Å². The molecule has 1 saturated heterocycles. The fourth-order valence-electron chi connectivity index (χ4n) is 2.39. The molecule has 0 aromatic carbocycles. The van der Waals surface area contributed by atoms with Gasteiger partial charge in [0.05, 0.1) is 5.84 Å². The third-order valence-electron chi connectivity index (χ3n) is 4.06. The van der Waals surface area contributed by atoms with Crippen molar-refractivity contribution in [2.75, 3.05) is 13.1 Å². The molecular formula is C14H23N3S. The van der Waals surface area contributed by atoms with Crippen LogP contribution in [0.2, 0.25) is 0 Å². The highest BCUT2D eigenvalue weighted by Gasteiger charge is 2.32. The van der Waals surface area contributed by atoms with Crippen molar-refractivity contribution in [3.05, 3.63) is 21.9 Å². The van der Waals surface area contributed by atoms with Gasteiger partial charge in [0.15, 0.2) is 0 Å². The Hall–Kier alpha value is -0.870. The first kappa shape index (κ1) is 13.6. The van der Waals surface area contributed by atoms with Gasteiger partial charge in [0.2, 0.25) is 0 Å². The van der Waals surface area contributed by atoms with E-state index in [2.05, 4.69) is 30.9 Å². The molecule has 2 heterocycles. The van der Waals surface area contributed by atoms with E-state index in [1.807, 2.05) is 11.3 Å². The average Bonchev–Trinajstić information content (AvgIpc) is 2.80. The molecule has 2 rings (SSSR count). The van der Waals surface area contributed by atoms with Crippen LogP contribution in [0.5, 0.6) is 0 Å². The van der Waals surface area contributed by atoms with Gasteiger partial charge < -0.3 is 5.73 Å². The number of aryl methyl sites for hydroxylation is 1. The molecule has 0 atom stereocenters. The van der Waals surface area contributed by atoms with Crippen molar-refractivity contribution in [1.29, 1.82) is 5.41 Å². The van der Waals surface area contributed by atoms with Gasteiger partial charge in [-0.05, 0) is 44.5 Å². The van der Waals surface area contributed by atoms with E-state index in [1.165, 1.54) is 9.75 Å². The fourth-order valence-corrected chi connectivity index (χ4v) is 3.39. The Labute approximate surface area is 114 Å². The number of hydrogen-bond acceptors (Lipinski definition) is 3. The summed E-state index contributed by atoms with van der Waals surface area (Å²) < 4.78 is 0. The van der Waals surface area contributed by atoms with Crippen LogP contribution in [-0.4, -0.2) is 23.8 Å². The summed E-state index contributed by atoms with van der Waals surface area (Å²) in [4.78, 5) is 5.41.